The highest BCUT2D eigenvalue weighted by Crippen LogP contribution is 2.55. The number of rotatable bonds is 0. The van der Waals surface area contributed by atoms with Gasteiger partial charge in [0.25, 0.3) is 0 Å². The number of hydrogen-bond donors (Lipinski definition) is 0. The first-order valence-electron chi connectivity index (χ1n) is 5.97. The van der Waals surface area contributed by atoms with E-state index in [1.165, 1.54) is 32.1 Å². The summed E-state index contributed by atoms with van der Waals surface area (Å²) >= 11 is 0. The number of allylic oxidation sites excluding steroid dienone is 2. The van der Waals surface area contributed by atoms with Crippen molar-refractivity contribution in [1.82, 2.24) is 0 Å². The van der Waals surface area contributed by atoms with Gasteiger partial charge in [-0.15, -0.1) is 0 Å². The maximum Gasteiger partial charge on any atom is -0.0194 e. The fourth-order valence-electron chi connectivity index (χ4n) is 3.83. The molecule has 0 saturated heterocycles. The monoisotopic (exact) mass is 176 g/mol. The molecule has 3 rings (SSSR count). The topological polar surface area (TPSA) is 0 Å². The van der Waals surface area contributed by atoms with Crippen molar-refractivity contribution in [3.8, 4) is 0 Å². The lowest BCUT2D eigenvalue weighted by atomic mass is 9.73. The normalized spacial score (nSPS) is 48.5. The third-order valence-corrected chi connectivity index (χ3v) is 4.89. The van der Waals surface area contributed by atoms with Crippen molar-refractivity contribution in [2.75, 3.05) is 0 Å². The van der Waals surface area contributed by atoms with Crippen LogP contribution in [0.5, 0.6) is 0 Å². The van der Waals surface area contributed by atoms with Crippen molar-refractivity contribution in [1.29, 1.82) is 0 Å². The first-order valence-corrected chi connectivity index (χ1v) is 5.97. The standard InChI is InChI=1S/C13H20/c1-8-5-12-10-3-4-11(7-10)13(12)6-9(8)2/h8-11H,3-7H2,1-2H3. The highest BCUT2D eigenvalue weighted by atomic mass is 14.5. The molecule has 0 spiro atoms. The molecule has 13 heavy (non-hydrogen) atoms. The van der Waals surface area contributed by atoms with Crippen molar-refractivity contribution < 1.29 is 0 Å². The Balaban J connectivity index is 1.94. The SMILES string of the molecule is CC1CC2=C(CC1C)C1CCC2C1. The van der Waals surface area contributed by atoms with Gasteiger partial charge in [0.2, 0.25) is 0 Å². The van der Waals surface area contributed by atoms with Crippen LogP contribution >= 0.6 is 0 Å². The van der Waals surface area contributed by atoms with Gasteiger partial charge >= 0.3 is 0 Å². The van der Waals surface area contributed by atoms with Gasteiger partial charge in [-0.25, -0.2) is 0 Å². The maximum absolute atomic E-state index is 2.44. The minimum atomic E-state index is 0.957. The van der Waals surface area contributed by atoms with Gasteiger partial charge in [-0.3, -0.25) is 0 Å². The number of hydrogen-bond acceptors (Lipinski definition) is 0. The lowest BCUT2D eigenvalue weighted by Gasteiger charge is -2.32. The first kappa shape index (κ1) is 8.08. The Labute approximate surface area is 81.4 Å². The van der Waals surface area contributed by atoms with Crippen LogP contribution in [0.2, 0.25) is 0 Å². The van der Waals surface area contributed by atoms with E-state index in [1.807, 2.05) is 11.1 Å². The van der Waals surface area contributed by atoms with E-state index in [0.717, 1.165) is 23.7 Å². The van der Waals surface area contributed by atoms with Crippen LogP contribution in [0.25, 0.3) is 0 Å². The van der Waals surface area contributed by atoms with E-state index in [-0.39, 0.29) is 0 Å². The van der Waals surface area contributed by atoms with Gasteiger partial charge < -0.3 is 0 Å². The molecule has 0 radical (unpaired) electrons. The largest absolute Gasteiger partial charge is 0.0673 e. The Bertz CT molecular complexity index is 235. The smallest absolute Gasteiger partial charge is 0.0194 e. The van der Waals surface area contributed by atoms with E-state index >= 15 is 0 Å². The third kappa shape index (κ3) is 1.04. The molecule has 4 atom stereocenters. The summed E-state index contributed by atoms with van der Waals surface area (Å²) < 4.78 is 0. The molecular formula is C13H20. The van der Waals surface area contributed by atoms with Crippen LogP contribution in [0.4, 0.5) is 0 Å². The van der Waals surface area contributed by atoms with Gasteiger partial charge in [0.1, 0.15) is 0 Å². The van der Waals surface area contributed by atoms with Crippen molar-refractivity contribution >= 4 is 0 Å². The average Bonchev–Trinajstić information content (AvgIpc) is 2.67. The highest BCUT2D eigenvalue weighted by molar-refractivity contribution is 5.31. The van der Waals surface area contributed by atoms with Gasteiger partial charge in [-0.2, -0.15) is 0 Å². The summed E-state index contributed by atoms with van der Waals surface area (Å²) in [6.45, 7) is 4.89. The van der Waals surface area contributed by atoms with E-state index in [9.17, 15) is 0 Å². The quantitative estimate of drug-likeness (QED) is 0.493. The summed E-state index contributed by atoms with van der Waals surface area (Å²) in [6, 6.07) is 0. The van der Waals surface area contributed by atoms with Gasteiger partial charge in [0.15, 0.2) is 0 Å². The summed E-state index contributed by atoms with van der Waals surface area (Å²) in [5.41, 5.74) is 3.84. The maximum atomic E-state index is 2.44. The van der Waals surface area contributed by atoms with Gasteiger partial charge in [0, 0.05) is 0 Å². The Morgan fingerprint density at radius 3 is 1.77 bits per heavy atom. The van der Waals surface area contributed by atoms with E-state index in [2.05, 4.69) is 13.8 Å². The predicted molar refractivity (Wildman–Crippen MR) is 55.4 cm³/mol. The van der Waals surface area contributed by atoms with Gasteiger partial charge in [0.05, 0.1) is 0 Å². The molecule has 0 aliphatic heterocycles. The Morgan fingerprint density at radius 1 is 0.846 bits per heavy atom. The molecule has 1 fully saturated rings. The first-order chi connectivity index (χ1) is 6.25. The molecule has 3 aliphatic carbocycles. The zero-order chi connectivity index (χ0) is 9.00. The number of fused-ring (bicyclic) bond motifs is 4. The second kappa shape index (κ2) is 2.62. The second-order valence-electron chi connectivity index (χ2n) is 5.62. The summed E-state index contributed by atoms with van der Waals surface area (Å²) in [6.07, 6.45) is 7.45. The van der Waals surface area contributed by atoms with Crippen molar-refractivity contribution in [2.24, 2.45) is 23.7 Å². The van der Waals surface area contributed by atoms with Crippen LogP contribution in [0.3, 0.4) is 0 Å². The zero-order valence-electron chi connectivity index (χ0n) is 8.84. The van der Waals surface area contributed by atoms with E-state index < -0.39 is 0 Å². The third-order valence-electron chi connectivity index (χ3n) is 4.89. The average molecular weight is 176 g/mol. The molecule has 4 unspecified atom stereocenters. The molecule has 0 heterocycles. The fourth-order valence-corrected chi connectivity index (χ4v) is 3.83. The zero-order valence-corrected chi connectivity index (χ0v) is 8.84. The molecule has 2 bridgehead atoms. The molecule has 0 aromatic rings. The van der Waals surface area contributed by atoms with Crippen molar-refractivity contribution in [3.05, 3.63) is 11.1 Å². The molecule has 0 nitrogen and oxygen atoms in total. The lowest BCUT2D eigenvalue weighted by molar-refractivity contribution is 0.336. The molecule has 0 aromatic carbocycles. The summed E-state index contributed by atoms with van der Waals surface area (Å²) in [5, 5.41) is 0. The molecule has 0 N–H and O–H groups in total. The highest BCUT2D eigenvalue weighted by Gasteiger charge is 2.41. The molecule has 0 heteroatoms. The molecule has 3 aliphatic rings. The van der Waals surface area contributed by atoms with Gasteiger partial charge in [-0.05, 0) is 55.8 Å². The van der Waals surface area contributed by atoms with Crippen LogP contribution in [0.1, 0.15) is 46.0 Å². The second-order valence-corrected chi connectivity index (χ2v) is 5.62. The Kier molecular flexibility index (Phi) is 1.63. The van der Waals surface area contributed by atoms with Crippen LogP contribution in [-0.4, -0.2) is 0 Å². The van der Waals surface area contributed by atoms with E-state index in [4.69, 9.17) is 0 Å². The molecule has 1 saturated carbocycles. The fraction of sp³-hybridized carbons (Fsp3) is 0.846. The van der Waals surface area contributed by atoms with Crippen LogP contribution in [0.15, 0.2) is 11.1 Å². The van der Waals surface area contributed by atoms with Gasteiger partial charge in [-0.1, -0.05) is 25.0 Å². The molecular weight excluding hydrogens is 156 g/mol. The summed E-state index contributed by atoms with van der Waals surface area (Å²) in [7, 11) is 0. The minimum absolute atomic E-state index is 0.957. The van der Waals surface area contributed by atoms with Crippen LogP contribution < -0.4 is 0 Å². The van der Waals surface area contributed by atoms with Crippen molar-refractivity contribution in [3.63, 3.8) is 0 Å². The predicted octanol–water partition coefficient (Wildman–Crippen LogP) is 3.78. The van der Waals surface area contributed by atoms with Crippen molar-refractivity contribution in [2.45, 2.75) is 46.0 Å². The summed E-state index contributed by atoms with van der Waals surface area (Å²) in [5.74, 6) is 3.99. The van der Waals surface area contributed by atoms with Crippen LogP contribution in [-0.2, 0) is 0 Å². The minimum Gasteiger partial charge on any atom is -0.0673 e. The Morgan fingerprint density at radius 2 is 1.31 bits per heavy atom. The molecule has 0 amide bonds. The molecule has 0 aromatic heterocycles. The molecule has 72 valence electrons. The van der Waals surface area contributed by atoms with Crippen LogP contribution in [0, 0.1) is 23.7 Å². The van der Waals surface area contributed by atoms with E-state index in [0.29, 0.717) is 0 Å². The lowest BCUT2D eigenvalue weighted by Crippen LogP contribution is -2.20. The van der Waals surface area contributed by atoms with E-state index in [1.54, 1.807) is 0 Å². The summed E-state index contributed by atoms with van der Waals surface area (Å²) in [4.78, 5) is 0. The Hall–Kier alpha value is -0.260.